The van der Waals surface area contributed by atoms with Crippen molar-refractivity contribution >= 4 is 118 Å². The van der Waals surface area contributed by atoms with Crippen LogP contribution in [0.15, 0.2) is 48.5 Å². The van der Waals surface area contributed by atoms with Crippen LogP contribution in [0.4, 0.5) is 8.78 Å². The maximum atomic E-state index is 14.7. The predicted molar refractivity (Wildman–Crippen MR) is 552 cm³/mol. The lowest BCUT2D eigenvalue weighted by molar-refractivity contribution is -0.150. The quantitative estimate of drug-likeness (QED) is 0.0353. The van der Waals surface area contributed by atoms with E-state index in [1.807, 2.05) is 83.1 Å². The Bertz CT molecular complexity index is 4220. The fourth-order valence-corrected chi connectivity index (χ4v) is 23.2. The number of Topliss-reactive ketones (excluding diaryl/α,β-unsaturated/α-hetero) is 2. The second-order valence-electron chi connectivity index (χ2n) is 41.3. The average molecular weight is 2060 g/mol. The number of hydrogen-bond donors (Lipinski definition) is 4. The molecule has 4 saturated heterocycles. The molecule has 2 aromatic carbocycles. The molecule has 144 heavy (non-hydrogen) atoms. The molecule has 20 atom stereocenters. The van der Waals surface area contributed by atoms with Crippen molar-refractivity contribution in [1.29, 1.82) is 0 Å². The number of amides is 12. The fraction of sp³-hybridized carbons (Fsp3) is 0.741. The maximum absolute atomic E-state index is 14.7. The number of rotatable bonds is 64. The first-order chi connectivity index (χ1) is 68.1. The van der Waals surface area contributed by atoms with E-state index < -0.39 is 132 Å². The van der Waals surface area contributed by atoms with Gasteiger partial charge in [0.2, 0.25) is 70.9 Å². The summed E-state index contributed by atoms with van der Waals surface area (Å²) in [6.45, 7) is 31.9. The zero-order chi connectivity index (χ0) is 108. The van der Waals surface area contributed by atoms with E-state index in [-0.39, 0.29) is 181 Å². The number of hydrogen-bond acceptors (Lipinski definition) is 22. The molecule has 0 aliphatic carbocycles. The number of carbonyl (C=O) groups is 16. The number of likely N-dealkylation sites (N-methyl/N-ethyl adjacent to an activating group) is 4. The summed E-state index contributed by atoms with van der Waals surface area (Å²) in [5.41, 5.74) is 1.07. The highest BCUT2D eigenvalue weighted by Crippen LogP contribution is 2.37. The highest BCUT2D eigenvalue weighted by atomic mass is 32.2. The standard InChI is InChI=1S/2C54H86FN5O11S/c2*1-13-15-28-72-44-32-47(64)60(53(44)67)26-18-16-17-21-45(62)57(9)48(34(5)6)42(61)30-39(33(3)4)52(66)58(10)49(35(7)14-2)43(70-11)31-46(63)59-27-19-20-41(59)50(71-12)36(8)51(65)56-40(54(68)69)29-37-22-24-38(55)25-23-37/h2*22-25,33-36,39-41,43-44,48-50H,13-21,26-32H2,1-12H3,(H,56,65)(H,68,69)/t2*35-,36+,39-,40-,41-,43+,44?,48-,49-,50+/m00/s1. The molecule has 0 spiro atoms. The first-order valence-corrected chi connectivity index (χ1v) is 54.5. The molecule has 32 nitrogen and oxygen atoms in total. The van der Waals surface area contributed by atoms with Crippen molar-refractivity contribution in [3.05, 3.63) is 71.3 Å². The van der Waals surface area contributed by atoms with Gasteiger partial charge in [-0.1, -0.05) is 174 Å². The first kappa shape index (κ1) is 126. The highest BCUT2D eigenvalue weighted by Gasteiger charge is 2.49. The van der Waals surface area contributed by atoms with E-state index in [0.29, 0.717) is 114 Å². The van der Waals surface area contributed by atoms with E-state index in [2.05, 4.69) is 24.5 Å². The monoisotopic (exact) mass is 2060 g/mol. The number of likely N-dealkylation sites (tertiary alicyclic amines) is 4. The van der Waals surface area contributed by atoms with Gasteiger partial charge in [0.05, 0.1) is 95.8 Å². The van der Waals surface area contributed by atoms with Crippen LogP contribution in [0.25, 0.3) is 0 Å². The van der Waals surface area contributed by atoms with Crippen LogP contribution in [0, 0.1) is 70.8 Å². The number of nitrogens with zero attached hydrogens (tertiary/aromatic N) is 8. The Labute approximate surface area is 863 Å². The molecule has 0 radical (unpaired) electrons. The molecule has 4 aliphatic heterocycles. The second kappa shape index (κ2) is 62.5. The van der Waals surface area contributed by atoms with Crippen LogP contribution < -0.4 is 10.6 Å². The molecule has 4 fully saturated rings. The van der Waals surface area contributed by atoms with Gasteiger partial charge >= 0.3 is 11.9 Å². The van der Waals surface area contributed by atoms with Crippen molar-refractivity contribution in [3.63, 3.8) is 0 Å². The number of carbonyl (C=O) groups excluding carboxylic acids is 14. The minimum absolute atomic E-state index is 0.0600. The third-order valence-electron chi connectivity index (χ3n) is 29.7. The Kier molecular flexibility index (Phi) is 54.5. The summed E-state index contributed by atoms with van der Waals surface area (Å²) < 4.78 is 50.9. The number of imide groups is 2. The molecule has 4 N–H and O–H groups in total. The normalized spacial score (nSPS) is 19.4. The summed E-state index contributed by atoms with van der Waals surface area (Å²) in [6, 6.07) is 4.50. The molecular weight excluding hydrogens is 1890 g/mol. The average Bonchev–Trinajstić information content (AvgIpc) is 1.56. The summed E-state index contributed by atoms with van der Waals surface area (Å²) in [5.74, 6) is -9.68. The van der Waals surface area contributed by atoms with Crippen LogP contribution in [0.1, 0.15) is 276 Å². The molecule has 6 rings (SSSR count). The topological polar surface area (TPSA) is 400 Å². The van der Waals surface area contributed by atoms with Crippen molar-refractivity contribution in [2.24, 2.45) is 59.2 Å². The number of ketones is 2. The van der Waals surface area contributed by atoms with Crippen LogP contribution in [0.5, 0.6) is 0 Å². The summed E-state index contributed by atoms with van der Waals surface area (Å²) in [7, 11) is 12.5. The molecule has 12 amide bonds. The van der Waals surface area contributed by atoms with E-state index >= 15 is 0 Å². The summed E-state index contributed by atoms with van der Waals surface area (Å²) in [6.07, 6.45) is 8.55. The van der Waals surface area contributed by atoms with Gasteiger partial charge in [0, 0.05) is 146 Å². The van der Waals surface area contributed by atoms with Crippen LogP contribution in [0.2, 0.25) is 0 Å². The summed E-state index contributed by atoms with van der Waals surface area (Å²) in [5, 5.41) is 24.5. The van der Waals surface area contributed by atoms with Gasteiger partial charge < -0.3 is 69.2 Å². The molecule has 812 valence electrons. The van der Waals surface area contributed by atoms with Crippen molar-refractivity contribution in [3.8, 4) is 0 Å². The second-order valence-corrected chi connectivity index (χ2v) is 43.9. The van der Waals surface area contributed by atoms with E-state index in [1.54, 1.807) is 85.2 Å². The van der Waals surface area contributed by atoms with Crippen LogP contribution in [0.3, 0.4) is 0 Å². The van der Waals surface area contributed by atoms with Gasteiger partial charge in [0.25, 0.3) is 0 Å². The molecule has 0 aromatic heterocycles. The summed E-state index contributed by atoms with van der Waals surface area (Å²) >= 11 is 3.10. The number of aliphatic carboxylic acids is 2. The zero-order valence-electron chi connectivity index (χ0n) is 90.3. The number of halogens is 2. The van der Waals surface area contributed by atoms with Crippen molar-refractivity contribution in [2.75, 3.05) is 94.3 Å². The number of thioether (sulfide) groups is 2. The minimum Gasteiger partial charge on any atom is -0.480 e. The lowest BCUT2D eigenvalue weighted by Gasteiger charge is -2.41. The molecule has 0 saturated carbocycles. The number of unbranched alkanes of at least 4 members (excludes halogenated alkanes) is 6. The van der Waals surface area contributed by atoms with Gasteiger partial charge in [-0.15, -0.1) is 23.5 Å². The van der Waals surface area contributed by atoms with Gasteiger partial charge in [-0.2, -0.15) is 0 Å². The fourth-order valence-electron chi connectivity index (χ4n) is 20.7. The number of carboxylic acids is 2. The number of ether oxygens (including phenoxy) is 4. The smallest absolute Gasteiger partial charge is 0.326 e. The third-order valence-corrected chi connectivity index (χ3v) is 32.3. The Morgan fingerprint density at radius 2 is 0.778 bits per heavy atom. The molecular formula is C108H172F2N10O22S2. The van der Waals surface area contributed by atoms with Gasteiger partial charge in [-0.05, 0) is 147 Å². The Balaban J connectivity index is 0.000000507. The van der Waals surface area contributed by atoms with Crippen molar-refractivity contribution in [2.45, 2.75) is 361 Å². The van der Waals surface area contributed by atoms with Crippen molar-refractivity contribution in [1.82, 2.24) is 49.8 Å². The van der Waals surface area contributed by atoms with Gasteiger partial charge in [0.15, 0.2) is 11.6 Å². The summed E-state index contributed by atoms with van der Waals surface area (Å²) in [4.78, 5) is 229. The largest absolute Gasteiger partial charge is 0.480 e. The Morgan fingerprint density at radius 3 is 1.06 bits per heavy atom. The molecule has 2 aromatic rings. The van der Waals surface area contributed by atoms with Crippen LogP contribution in [-0.4, -0.2) is 321 Å². The highest BCUT2D eigenvalue weighted by molar-refractivity contribution is 8.00. The predicted octanol–water partition coefficient (Wildman–Crippen LogP) is 13.6. The Morgan fingerprint density at radius 1 is 0.444 bits per heavy atom. The minimum atomic E-state index is -1.28. The van der Waals surface area contributed by atoms with Gasteiger partial charge in [0.1, 0.15) is 23.7 Å². The van der Waals surface area contributed by atoms with Crippen LogP contribution >= 0.6 is 23.5 Å². The van der Waals surface area contributed by atoms with Crippen LogP contribution in [-0.2, 0) is 109 Å². The Hall–Kier alpha value is -8.84. The number of benzene rings is 2. The lowest BCUT2D eigenvalue weighted by atomic mass is 9.83. The third kappa shape index (κ3) is 36.3. The van der Waals surface area contributed by atoms with Crippen molar-refractivity contribution < 1.29 is 115 Å². The first-order valence-electron chi connectivity index (χ1n) is 52.4. The molecule has 0 bridgehead atoms. The van der Waals surface area contributed by atoms with E-state index in [0.717, 1.165) is 37.2 Å². The van der Waals surface area contributed by atoms with E-state index in [9.17, 15) is 95.7 Å². The molecule has 36 heteroatoms. The zero-order valence-corrected chi connectivity index (χ0v) is 91.9. The number of nitrogens with one attached hydrogen (secondary N) is 2. The van der Waals surface area contributed by atoms with Gasteiger partial charge in [-0.3, -0.25) is 76.9 Å². The maximum Gasteiger partial charge on any atom is 0.326 e. The lowest BCUT2D eigenvalue weighted by Crippen LogP contribution is -2.55. The molecule has 4 heterocycles. The molecule has 4 aliphatic rings. The van der Waals surface area contributed by atoms with Gasteiger partial charge in [-0.25, -0.2) is 18.4 Å². The number of carboxylic acid groups (broad SMARTS) is 2. The molecule has 2 unspecified atom stereocenters. The number of methoxy groups -OCH3 is 4. The van der Waals surface area contributed by atoms with E-state index in [4.69, 9.17) is 18.9 Å². The van der Waals surface area contributed by atoms with E-state index in [1.165, 1.54) is 96.6 Å². The SMILES string of the molecule is CCCCSC1CC(=O)N(CCCCCC(=O)N(C)[C@H](C(=O)C[C@H](C(=O)N(C)[C@@H]([C@@H](C)CC)[C@@H](CC(=O)N2CCC[C@H]2[C@H](OC)[C@@H](C)C(=O)N[C@@H](Cc2ccc(F)cc2)C(=O)O)OC)C(C)C)C(C)C)C1=O.CCCCSC1CC(=O)N(CCCCCC(=O)N(C)[C@H](C(=O)C[C@H](C(=O)N(C)[C@@H]([C@@H](C)CC)[C@@H](CC(=O)N2CCC[C@H]2[C@H](OC)[C@@H](C)C(=O)N[C@@H](Cc2ccc(F)cc2)C(=O)O)OC)C(C)C)C(C)C)C1=O.